The first-order chi connectivity index (χ1) is 15.8. The maximum absolute atomic E-state index is 12.3. The van der Waals surface area contributed by atoms with E-state index in [-0.39, 0.29) is 28.3 Å². The van der Waals surface area contributed by atoms with Crippen LogP contribution in [0.3, 0.4) is 0 Å². The molecule has 0 saturated heterocycles. The molecule has 3 rings (SSSR count). The van der Waals surface area contributed by atoms with Gasteiger partial charge in [-0.1, -0.05) is 56.8 Å². The standard InChI is InChI=1S/C24H23BrCl2N2O4/c1-3-32-21-8-15(12-28-17-9-19(26)24(31)20(27)10-17)18(25)11-22(21)33-13-23(30)29-16-6-4-14(2)5-7-16/h4-11,28,31H,3,12-13H2,1-2H3,(H,29,30). The molecule has 0 heterocycles. The second-order valence-corrected chi connectivity index (χ2v) is 8.84. The Kier molecular flexibility index (Phi) is 8.72. The molecule has 0 aliphatic rings. The zero-order chi connectivity index (χ0) is 24.0. The van der Waals surface area contributed by atoms with E-state index in [1.165, 1.54) is 0 Å². The second kappa shape index (κ2) is 11.5. The van der Waals surface area contributed by atoms with Gasteiger partial charge in [-0.3, -0.25) is 4.79 Å². The van der Waals surface area contributed by atoms with E-state index in [2.05, 4.69) is 26.6 Å². The number of phenols is 1. The van der Waals surface area contributed by atoms with Crippen molar-refractivity contribution in [3.63, 3.8) is 0 Å². The number of carbonyl (C=O) groups excluding carboxylic acids is 1. The fourth-order valence-electron chi connectivity index (χ4n) is 2.94. The summed E-state index contributed by atoms with van der Waals surface area (Å²) in [6, 6.07) is 14.3. The minimum atomic E-state index is -0.274. The van der Waals surface area contributed by atoms with Crippen LogP contribution in [0, 0.1) is 6.92 Å². The highest BCUT2D eigenvalue weighted by Crippen LogP contribution is 2.36. The van der Waals surface area contributed by atoms with E-state index in [1.807, 2.05) is 44.2 Å². The highest BCUT2D eigenvalue weighted by molar-refractivity contribution is 9.10. The monoisotopic (exact) mass is 552 g/mol. The molecule has 0 atom stereocenters. The summed E-state index contributed by atoms with van der Waals surface area (Å²) in [6.07, 6.45) is 0. The van der Waals surface area contributed by atoms with E-state index in [0.717, 1.165) is 15.6 Å². The highest BCUT2D eigenvalue weighted by Gasteiger charge is 2.14. The average molecular weight is 554 g/mol. The van der Waals surface area contributed by atoms with E-state index in [4.69, 9.17) is 32.7 Å². The Morgan fingerprint density at radius 1 is 1.00 bits per heavy atom. The maximum atomic E-state index is 12.3. The third kappa shape index (κ3) is 6.93. The minimum Gasteiger partial charge on any atom is -0.505 e. The van der Waals surface area contributed by atoms with Crippen LogP contribution in [0.5, 0.6) is 17.2 Å². The van der Waals surface area contributed by atoms with Gasteiger partial charge in [-0.25, -0.2) is 0 Å². The molecular formula is C24H23BrCl2N2O4. The quantitative estimate of drug-likeness (QED) is 0.254. The summed E-state index contributed by atoms with van der Waals surface area (Å²) in [7, 11) is 0. The van der Waals surface area contributed by atoms with Crippen molar-refractivity contribution in [2.24, 2.45) is 0 Å². The number of ether oxygens (including phenoxy) is 2. The molecule has 0 aliphatic carbocycles. The fourth-order valence-corrected chi connectivity index (χ4v) is 3.89. The van der Waals surface area contributed by atoms with Crippen LogP contribution < -0.4 is 20.1 Å². The van der Waals surface area contributed by atoms with Crippen LogP contribution in [0.25, 0.3) is 0 Å². The lowest BCUT2D eigenvalue weighted by Crippen LogP contribution is -2.20. The Labute approximate surface area is 210 Å². The van der Waals surface area contributed by atoms with E-state index in [9.17, 15) is 9.90 Å². The number of anilines is 2. The topological polar surface area (TPSA) is 79.8 Å². The molecular weight excluding hydrogens is 531 g/mol. The zero-order valence-corrected chi connectivity index (χ0v) is 21.1. The lowest BCUT2D eigenvalue weighted by molar-refractivity contribution is -0.118. The molecule has 0 saturated carbocycles. The number of aromatic hydroxyl groups is 1. The Balaban J connectivity index is 1.68. The molecule has 33 heavy (non-hydrogen) atoms. The SMILES string of the molecule is CCOc1cc(CNc2cc(Cl)c(O)c(Cl)c2)c(Br)cc1OCC(=O)Nc1ccc(C)cc1. The van der Waals surface area contributed by atoms with Crippen LogP contribution in [0.15, 0.2) is 53.0 Å². The Bertz CT molecular complexity index is 1120. The summed E-state index contributed by atoms with van der Waals surface area (Å²) in [5, 5.41) is 16.0. The number of halogens is 3. The maximum Gasteiger partial charge on any atom is 0.262 e. The first-order valence-corrected chi connectivity index (χ1v) is 11.7. The van der Waals surface area contributed by atoms with Gasteiger partial charge >= 0.3 is 0 Å². The molecule has 0 bridgehead atoms. The van der Waals surface area contributed by atoms with E-state index in [0.29, 0.717) is 36.0 Å². The number of phenolic OH excluding ortho intramolecular Hbond substituents is 1. The van der Waals surface area contributed by atoms with Gasteiger partial charge in [-0.15, -0.1) is 0 Å². The number of aryl methyl sites for hydroxylation is 1. The van der Waals surface area contributed by atoms with Crippen molar-refractivity contribution in [3.8, 4) is 17.2 Å². The van der Waals surface area contributed by atoms with Crippen LogP contribution in [0.2, 0.25) is 10.0 Å². The summed E-state index contributed by atoms with van der Waals surface area (Å²) in [5.41, 5.74) is 3.36. The van der Waals surface area contributed by atoms with Gasteiger partial charge in [0.25, 0.3) is 5.91 Å². The number of benzene rings is 3. The molecule has 3 N–H and O–H groups in total. The van der Waals surface area contributed by atoms with Crippen molar-refractivity contribution < 1.29 is 19.4 Å². The summed E-state index contributed by atoms with van der Waals surface area (Å²) in [4.78, 5) is 12.3. The normalized spacial score (nSPS) is 10.6. The third-order valence-corrected chi connectivity index (χ3v) is 5.92. The molecule has 3 aromatic rings. The smallest absolute Gasteiger partial charge is 0.262 e. The molecule has 3 aromatic carbocycles. The lowest BCUT2D eigenvalue weighted by atomic mass is 10.2. The van der Waals surface area contributed by atoms with Crippen LogP contribution >= 0.6 is 39.1 Å². The van der Waals surface area contributed by atoms with E-state index >= 15 is 0 Å². The van der Waals surface area contributed by atoms with Gasteiger partial charge in [-0.2, -0.15) is 0 Å². The number of amides is 1. The first kappa shape index (κ1) is 25.0. The minimum absolute atomic E-state index is 0.156. The van der Waals surface area contributed by atoms with Crippen molar-refractivity contribution in [2.75, 3.05) is 23.8 Å². The molecule has 0 spiro atoms. The highest BCUT2D eigenvalue weighted by atomic mass is 79.9. The van der Waals surface area contributed by atoms with Gasteiger partial charge < -0.3 is 25.2 Å². The van der Waals surface area contributed by atoms with Crippen molar-refractivity contribution in [1.82, 2.24) is 0 Å². The average Bonchev–Trinajstić information content (AvgIpc) is 2.78. The van der Waals surface area contributed by atoms with Crippen LogP contribution in [-0.2, 0) is 11.3 Å². The van der Waals surface area contributed by atoms with Crippen LogP contribution in [-0.4, -0.2) is 24.2 Å². The van der Waals surface area contributed by atoms with E-state index < -0.39 is 0 Å². The van der Waals surface area contributed by atoms with Crippen molar-refractivity contribution in [2.45, 2.75) is 20.4 Å². The second-order valence-electron chi connectivity index (χ2n) is 7.17. The number of rotatable bonds is 9. The largest absolute Gasteiger partial charge is 0.505 e. The molecule has 0 radical (unpaired) electrons. The summed E-state index contributed by atoms with van der Waals surface area (Å²) < 4.78 is 12.2. The molecule has 0 aliphatic heterocycles. The van der Waals surface area contributed by atoms with Crippen molar-refractivity contribution in [3.05, 3.63) is 74.2 Å². The number of hydrogen-bond acceptors (Lipinski definition) is 5. The number of nitrogens with one attached hydrogen (secondary N) is 2. The van der Waals surface area contributed by atoms with Gasteiger partial charge in [0.1, 0.15) is 0 Å². The van der Waals surface area contributed by atoms with Crippen molar-refractivity contribution >= 4 is 56.4 Å². The van der Waals surface area contributed by atoms with Crippen LogP contribution in [0.1, 0.15) is 18.1 Å². The van der Waals surface area contributed by atoms with Gasteiger partial charge in [0, 0.05) is 22.4 Å². The third-order valence-electron chi connectivity index (χ3n) is 4.61. The predicted molar refractivity (Wildman–Crippen MR) is 136 cm³/mol. The van der Waals surface area contributed by atoms with Gasteiger partial charge in [0.2, 0.25) is 0 Å². The Morgan fingerprint density at radius 3 is 2.27 bits per heavy atom. The predicted octanol–water partition coefficient (Wildman–Crippen LogP) is 6.80. The molecule has 9 heteroatoms. The summed E-state index contributed by atoms with van der Waals surface area (Å²) in [5.74, 6) is 0.533. The molecule has 0 unspecified atom stereocenters. The van der Waals surface area contributed by atoms with Crippen LogP contribution in [0.4, 0.5) is 11.4 Å². The number of hydrogen-bond donors (Lipinski definition) is 3. The summed E-state index contributed by atoms with van der Waals surface area (Å²) in [6.45, 7) is 4.54. The number of carbonyl (C=O) groups is 1. The molecule has 174 valence electrons. The zero-order valence-electron chi connectivity index (χ0n) is 18.0. The van der Waals surface area contributed by atoms with E-state index in [1.54, 1.807) is 18.2 Å². The van der Waals surface area contributed by atoms with Crippen molar-refractivity contribution in [1.29, 1.82) is 0 Å². The molecule has 1 amide bonds. The van der Waals surface area contributed by atoms with Gasteiger partial charge in [0.05, 0.1) is 16.7 Å². The molecule has 6 nitrogen and oxygen atoms in total. The van der Waals surface area contributed by atoms with Gasteiger partial charge in [-0.05, 0) is 55.8 Å². The molecule has 0 fully saturated rings. The lowest BCUT2D eigenvalue weighted by Gasteiger charge is -2.16. The van der Waals surface area contributed by atoms with Gasteiger partial charge in [0.15, 0.2) is 23.9 Å². The Morgan fingerprint density at radius 2 is 1.64 bits per heavy atom. The summed E-state index contributed by atoms with van der Waals surface area (Å²) >= 11 is 15.5. The molecule has 0 aromatic heterocycles. The first-order valence-electron chi connectivity index (χ1n) is 10.1. The Hall–Kier alpha value is -2.61. The fraction of sp³-hybridized carbons (Fsp3) is 0.208.